The number of carbonyl (C=O) groups is 5. The third-order valence-corrected chi connectivity index (χ3v) is 12.6. The normalized spacial score (nSPS) is 18.0. The zero-order chi connectivity index (χ0) is 49.6. The van der Waals surface area contributed by atoms with Crippen molar-refractivity contribution in [1.29, 1.82) is 5.26 Å². The van der Waals surface area contributed by atoms with E-state index in [1.54, 1.807) is 50.2 Å². The molecule has 1 aromatic heterocycles. The number of nitrogens with one attached hydrogen (secondary N) is 4. The first-order chi connectivity index (χ1) is 33.3. The fraction of sp³-hybridized carbons (Fsp3) is 0.451. The van der Waals surface area contributed by atoms with Gasteiger partial charge in [-0.05, 0) is 93.5 Å². The molecule has 5 amide bonds. The molecule has 0 spiro atoms. The van der Waals surface area contributed by atoms with Gasteiger partial charge in [-0.2, -0.15) is 5.26 Å². The van der Waals surface area contributed by atoms with Gasteiger partial charge < -0.3 is 52.8 Å². The highest BCUT2D eigenvalue weighted by Crippen LogP contribution is 2.40. The molecule has 4 aromatic rings. The minimum atomic E-state index is -1.40. The van der Waals surface area contributed by atoms with Crippen LogP contribution in [0.1, 0.15) is 102 Å². The Balaban J connectivity index is 1.35. The van der Waals surface area contributed by atoms with Crippen LogP contribution in [-0.2, 0) is 25.6 Å². The average molecular weight is 944 g/mol. The van der Waals surface area contributed by atoms with Crippen LogP contribution in [0.15, 0.2) is 60.7 Å². The number of benzene rings is 3. The molecule has 366 valence electrons. The van der Waals surface area contributed by atoms with E-state index in [1.807, 2.05) is 18.2 Å². The summed E-state index contributed by atoms with van der Waals surface area (Å²) in [5, 5.41) is 20.0. The molecule has 0 saturated heterocycles. The number of nitrogens with two attached hydrogens (primary N) is 3. The van der Waals surface area contributed by atoms with Crippen LogP contribution in [0, 0.1) is 25.2 Å². The van der Waals surface area contributed by atoms with Gasteiger partial charge in [0, 0.05) is 43.2 Å². The lowest BCUT2D eigenvalue weighted by molar-refractivity contribution is -0.141. The highest BCUT2D eigenvalue weighted by atomic mass is 16.5. The van der Waals surface area contributed by atoms with Gasteiger partial charge in [-0.3, -0.25) is 24.0 Å². The van der Waals surface area contributed by atoms with E-state index in [2.05, 4.69) is 33.4 Å². The van der Waals surface area contributed by atoms with Gasteiger partial charge in [0.05, 0.1) is 23.0 Å². The van der Waals surface area contributed by atoms with Gasteiger partial charge >= 0.3 is 0 Å². The van der Waals surface area contributed by atoms with Crippen LogP contribution in [0.25, 0.3) is 22.5 Å². The molecule has 2 aliphatic rings. The highest BCUT2D eigenvalue weighted by molar-refractivity contribution is 6.00. The van der Waals surface area contributed by atoms with E-state index in [0.717, 1.165) is 5.56 Å². The first-order valence-corrected chi connectivity index (χ1v) is 23.7. The summed E-state index contributed by atoms with van der Waals surface area (Å²) in [6.45, 7) is 5.27. The van der Waals surface area contributed by atoms with Crippen LogP contribution in [0.5, 0.6) is 11.5 Å². The summed E-state index contributed by atoms with van der Waals surface area (Å²) in [6.07, 6.45) is 7.41. The minimum absolute atomic E-state index is 0.00406. The number of carbonyl (C=O) groups excluding carboxylic acids is 5. The van der Waals surface area contributed by atoms with Gasteiger partial charge in [0.2, 0.25) is 23.6 Å². The zero-order valence-electron chi connectivity index (χ0n) is 39.9. The summed E-state index contributed by atoms with van der Waals surface area (Å²) in [7, 11) is 1.43. The number of fused-ring (bicyclic) bond motifs is 5. The number of aryl methyl sites for hydroxylation is 2. The van der Waals surface area contributed by atoms with Gasteiger partial charge in [0.25, 0.3) is 5.91 Å². The molecule has 4 atom stereocenters. The summed E-state index contributed by atoms with van der Waals surface area (Å²) in [5.41, 5.74) is 22.8. The van der Waals surface area contributed by atoms with E-state index >= 15 is 0 Å². The minimum Gasteiger partial charge on any atom is -0.492 e. The molecule has 10 N–H and O–H groups in total. The molecule has 18 heteroatoms. The van der Waals surface area contributed by atoms with Crippen molar-refractivity contribution < 1.29 is 33.4 Å². The van der Waals surface area contributed by atoms with E-state index in [0.29, 0.717) is 56.9 Å². The molecule has 6 rings (SSSR count). The number of amides is 5. The van der Waals surface area contributed by atoms with Gasteiger partial charge in [0.15, 0.2) is 5.82 Å². The monoisotopic (exact) mass is 944 g/mol. The highest BCUT2D eigenvalue weighted by Gasteiger charge is 2.36. The van der Waals surface area contributed by atoms with Crippen LogP contribution in [0.4, 0.5) is 0 Å². The van der Waals surface area contributed by atoms with Crippen LogP contribution >= 0.6 is 0 Å². The Morgan fingerprint density at radius 2 is 1.43 bits per heavy atom. The Morgan fingerprint density at radius 1 is 0.826 bits per heavy atom. The number of ether oxygens (including phenoxy) is 2. The molecule has 18 nitrogen and oxygen atoms in total. The number of hydrogen-bond donors (Lipinski definition) is 7. The van der Waals surface area contributed by atoms with Crippen molar-refractivity contribution in [2.24, 2.45) is 17.2 Å². The number of hydrogen-bond acceptors (Lipinski definition) is 13. The molecule has 1 unspecified atom stereocenters. The molecular formula is C51H65N11O7. The topological polar surface area (TPSA) is 283 Å². The van der Waals surface area contributed by atoms with Crippen molar-refractivity contribution in [2.45, 2.75) is 102 Å². The molecule has 0 radical (unpaired) electrons. The average Bonchev–Trinajstić information content (AvgIpc) is 3.63. The number of aromatic nitrogens is 2. The predicted molar refractivity (Wildman–Crippen MR) is 261 cm³/mol. The maximum atomic E-state index is 14.8. The maximum Gasteiger partial charge on any atom is 0.255 e. The summed E-state index contributed by atoms with van der Waals surface area (Å²) in [6, 6.07) is 15.4. The number of rotatable bonds is 16. The molecule has 3 aromatic carbocycles. The third-order valence-electron chi connectivity index (χ3n) is 12.6. The molecule has 1 fully saturated rings. The summed E-state index contributed by atoms with van der Waals surface area (Å²) in [4.78, 5) is 81.4. The second kappa shape index (κ2) is 24.4. The molecule has 69 heavy (non-hydrogen) atoms. The van der Waals surface area contributed by atoms with Crippen LogP contribution in [-0.4, -0.2) is 109 Å². The van der Waals surface area contributed by atoms with Crippen molar-refractivity contribution in [3.8, 4) is 40.1 Å². The van der Waals surface area contributed by atoms with E-state index in [9.17, 15) is 29.2 Å². The van der Waals surface area contributed by atoms with E-state index in [-0.39, 0.29) is 57.8 Å². The molecule has 1 aliphatic carbocycles. The van der Waals surface area contributed by atoms with E-state index < -0.39 is 53.7 Å². The lowest BCUT2D eigenvalue weighted by Crippen LogP contribution is -2.56. The van der Waals surface area contributed by atoms with Crippen molar-refractivity contribution >= 4 is 29.5 Å². The van der Waals surface area contributed by atoms with Crippen molar-refractivity contribution in [3.05, 3.63) is 94.3 Å². The zero-order valence-corrected chi connectivity index (χ0v) is 39.9. The SMILES string of the molecule is Cc1nc(-c2ccc(C3CCCCCC3)cc2)nc(C)c1C(=O)NC(CCN)C(=O)N(C)[C@@H]1C(=O)N[C@@H](C)C(=O)N[C@H](C(=O)NCC#N)Cc2ccc(OCCN)c(c2)-c2cc1ccc2OCCN. The summed E-state index contributed by atoms with van der Waals surface area (Å²) < 4.78 is 12.2. The molecule has 4 bridgehead atoms. The lowest BCUT2D eigenvalue weighted by atomic mass is 9.91. The Hall–Kier alpha value is -6.94. The lowest BCUT2D eigenvalue weighted by Gasteiger charge is -2.32. The second-order valence-corrected chi connectivity index (χ2v) is 17.6. The standard InChI is InChI=1S/C51H65N11O7/c1-30-44(31(2)58-46(57-30)36-14-12-35(13-15-36)34-9-7-5-6-8-10-34)49(65)60-40(19-20-52)51(67)62(4)45-37-16-18-43(69-26-23-55)39(29-37)38-27-33(11-17-42(38)68-25-22-54)28-41(48(64)56-24-21-53)61-47(63)32(3)59-50(45)66/h11-18,27,29,32,34,40-41,45H,5-10,19-20,22-26,28,52,54-55H2,1-4H3,(H,56,64)(H,59,66)(H,60,65)(H,61,63)/t32-,40?,41-,45-/m0/s1. The van der Waals surface area contributed by atoms with Crippen LogP contribution in [0.2, 0.25) is 0 Å². The number of nitriles is 1. The first-order valence-electron chi connectivity index (χ1n) is 23.7. The number of likely N-dealkylation sites (N-methyl/N-ethyl adjacent to an activating group) is 1. The number of nitrogens with zero attached hydrogens (tertiary/aromatic N) is 4. The first kappa shape index (κ1) is 51.5. The Bertz CT molecular complexity index is 2500. The fourth-order valence-electron chi connectivity index (χ4n) is 9.05. The summed E-state index contributed by atoms with van der Waals surface area (Å²) >= 11 is 0. The van der Waals surface area contributed by atoms with Crippen molar-refractivity contribution in [3.63, 3.8) is 0 Å². The molecule has 1 aliphatic heterocycles. The third kappa shape index (κ3) is 12.8. The van der Waals surface area contributed by atoms with Crippen LogP contribution < -0.4 is 47.9 Å². The fourth-order valence-corrected chi connectivity index (χ4v) is 9.05. The Kier molecular flexibility index (Phi) is 18.2. The molecule has 2 heterocycles. The van der Waals surface area contributed by atoms with E-state index in [1.165, 1.54) is 63.0 Å². The maximum absolute atomic E-state index is 14.8. The second-order valence-electron chi connectivity index (χ2n) is 17.6. The Labute approximate surface area is 403 Å². The van der Waals surface area contributed by atoms with Gasteiger partial charge in [-0.25, -0.2) is 9.97 Å². The van der Waals surface area contributed by atoms with Gasteiger partial charge in [0.1, 0.15) is 55.4 Å². The van der Waals surface area contributed by atoms with Crippen LogP contribution in [0.3, 0.4) is 0 Å². The molecule has 1 saturated carbocycles. The van der Waals surface area contributed by atoms with Gasteiger partial charge in [-0.1, -0.05) is 62.1 Å². The molecular weight excluding hydrogens is 879 g/mol. The quantitative estimate of drug-likeness (QED) is 0.0628. The Morgan fingerprint density at radius 3 is 2.04 bits per heavy atom. The largest absolute Gasteiger partial charge is 0.492 e. The van der Waals surface area contributed by atoms with Crippen molar-refractivity contribution in [1.82, 2.24) is 36.1 Å². The van der Waals surface area contributed by atoms with Crippen molar-refractivity contribution in [2.75, 3.05) is 46.4 Å². The predicted octanol–water partition coefficient (Wildman–Crippen LogP) is 3.37. The van der Waals surface area contributed by atoms with Gasteiger partial charge in [-0.15, -0.1) is 0 Å². The smallest absolute Gasteiger partial charge is 0.255 e. The van der Waals surface area contributed by atoms with E-state index in [4.69, 9.17) is 36.6 Å². The summed E-state index contributed by atoms with van der Waals surface area (Å²) in [5.74, 6) is -1.51.